The van der Waals surface area contributed by atoms with Crippen LogP contribution in [0.5, 0.6) is 0 Å². The summed E-state index contributed by atoms with van der Waals surface area (Å²) < 4.78 is 2.11. The highest BCUT2D eigenvalue weighted by atomic mass is 79.9. The summed E-state index contributed by atoms with van der Waals surface area (Å²) in [5, 5.41) is 7.49. The van der Waals surface area contributed by atoms with Crippen molar-refractivity contribution >= 4 is 21.6 Å². The fourth-order valence-electron chi connectivity index (χ4n) is 2.15. The third-order valence-electron chi connectivity index (χ3n) is 3.56. The van der Waals surface area contributed by atoms with E-state index in [4.69, 9.17) is 0 Å². The zero-order chi connectivity index (χ0) is 14.7. The SMILES string of the molecule is O=c1c(Br)c(NCCc2cccnc2)cnn1CC1CC1. The highest BCUT2D eigenvalue weighted by molar-refractivity contribution is 9.10. The van der Waals surface area contributed by atoms with E-state index in [1.165, 1.54) is 12.8 Å². The van der Waals surface area contributed by atoms with Gasteiger partial charge in [0.2, 0.25) is 0 Å². The van der Waals surface area contributed by atoms with E-state index in [2.05, 4.69) is 31.3 Å². The Hall–Kier alpha value is -1.69. The summed E-state index contributed by atoms with van der Waals surface area (Å²) in [6, 6.07) is 3.96. The quantitative estimate of drug-likeness (QED) is 0.870. The zero-order valence-electron chi connectivity index (χ0n) is 11.6. The first-order chi connectivity index (χ1) is 10.2. The van der Waals surface area contributed by atoms with Crippen LogP contribution in [0.2, 0.25) is 0 Å². The van der Waals surface area contributed by atoms with Crippen molar-refractivity contribution in [3.8, 4) is 0 Å². The standard InChI is InChI=1S/C15H17BrN4O/c16-14-13(18-7-5-11-2-1-6-17-8-11)9-19-20(15(14)21)10-12-3-4-12/h1-2,6,8-9,12,18H,3-5,7,10H2. The number of anilines is 1. The van der Waals surface area contributed by atoms with Crippen LogP contribution in [-0.2, 0) is 13.0 Å². The maximum Gasteiger partial charge on any atom is 0.283 e. The Morgan fingerprint density at radius 3 is 2.95 bits per heavy atom. The highest BCUT2D eigenvalue weighted by Gasteiger charge is 2.23. The average molecular weight is 349 g/mol. The average Bonchev–Trinajstić information content (AvgIpc) is 3.31. The summed E-state index contributed by atoms with van der Waals surface area (Å²) in [6.45, 7) is 1.46. The maximum absolute atomic E-state index is 12.2. The van der Waals surface area contributed by atoms with Crippen LogP contribution >= 0.6 is 15.9 Å². The second-order valence-corrected chi connectivity index (χ2v) is 6.13. The maximum atomic E-state index is 12.2. The number of halogens is 1. The van der Waals surface area contributed by atoms with Crippen LogP contribution in [0, 0.1) is 5.92 Å². The smallest absolute Gasteiger partial charge is 0.283 e. The molecule has 3 rings (SSSR count). The summed E-state index contributed by atoms with van der Waals surface area (Å²) in [5.41, 5.74) is 1.85. The van der Waals surface area contributed by atoms with Gasteiger partial charge in [0.25, 0.3) is 5.56 Å². The molecule has 1 N–H and O–H groups in total. The number of nitrogens with one attached hydrogen (secondary N) is 1. The third-order valence-corrected chi connectivity index (χ3v) is 4.33. The molecule has 21 heavy (non-hydrogen) atoms. The minimum absolute atomic E-state index is 0.0618. The molecule has 2 aromatic rings. The molecule has 6 heteroatoms. The van der Waals surface area contributed by atoms with E-state index >= 15 is 0 Å². The molecule has 110 valence electrons. The molecule has 2 heterocycles. The summed E-state index contributed by atoms with van der Waals surface area (Å²) in [7, 11) is 0. The predicted octanol–water partition coefficient (Wildman–Crippen LogP) is 2.47. The Kier molecular flexibility index (Phi) is 4.34. The molecule has 0 aliphatic heterocycles. The van der Waals surface area contributed by atoms with Gasteiger partial charge in [0.05, 0.1) is 11.9 Å². The second kappa shape index (κ2) is 6.39. The molecule has 0 radical (unpaired) electrons. The Bertz CT molecular complexity index is 667. The lowest BCUT2D eigenvalue weighted by Gasteiger charge is -2.10. The van der Waals surface area contributed by atoms with Gasteiger partial charge in [-0.2, -0.15) is 5.10 Å². The minimum atomic E-state index is -0.0618. The van der Waals surface area contributed by atoms with E-state index in [1.54, 1.807) is 17.1 Å². The predicted molar refractivity (Wildman–Crippen MR) is 85.4 cm³/mol. The van der Waals surface area contributed by atoms with Crippen molar-refractivity contribution in [3.05, 3.63) is 51.1 Å². The second-order valence-electron chi connectivity index (χ2n) is 5.34. The van der Waals surface area contributed by atoms with Gasteiger partial charge in [-0.15, -0.1) is 0 Å². The van der Waals surface area contributed by atoms with Crippen molar-refractivity contribution in [1.29, 1.82) is 0 Å². The van der Waals surface area contributed by atoms with E-state index in [9.17, 15) is 4.79 Å². The number of hydrogen-bond acceptors (Lipinski definition) is 4. The van der Waals surface area contributed by atoms with Gasteiger partial charge in [-0.1, -0.05) is 6.07 Å². The van der Waals surface area contributed by atoms with Crippen molar-refractivity contribution < 1.29 is 0 Å². The topological polar surface area (TPSA) is 59.8 Å². The van der Waals surface area contributed by atoms with Crippen LogP contribution in [0.1, 0.15) is 18.4 Å². The fraction of sp³-hybridized carbons (Fsp3) is 0.400. The lowest BCUT2D eigenvalue weighted by atomic mass is 10.2. The van der Waals surface area contributed by atoms with Crippen LogP contribution in [0.15, 0.2) is 40.0 Å². The molecule has 1 aliphatic carbocycles. The van der Waals surface area contributed by atoms with Gasteiger partial charge >= 0.3 is 0 Å². The number of rotatable bonds is 6. The Labute approximate surface area is 131 Å². The van der Waals surface area contributed by atoms with Crippen LogP contribution in [-0.4, -0.2) is 21.3 Å². The fourth-order valence-corrected chi connectivity index (χ4v) is 2.60. The first-order valence-corrected chi connectivity index (χ1v) is 7.92. The van der Waals surface area contributed by atoms with Crippen molar-refractivity contribution in [3.63, 3.8) is 0 Å². The monoisotopic (exact) mass is 348 g/mol. The van der Waals surface area contributed by atoms with Gasteiger partial charge in [0, 0.05) is 25.5 Å². The molecule has 0 unspecified atom stereocenters. The van der Waals surface area contributed by atoms with Gasteiger partial charge in [0.15, 0.2) is 0 Å². The van der Waals surface area contributed by atoms with Gasteiger partial charge in [-0.25, -0.2) is 4.68 Å². The Balaban J connectivity index is 1.62. The number of hydrogen-bond donors (Lipinski definition) is 1. The normalized spacial score (nSPS) is 14.1. The molecule has 0 saturated heterocycles. The van der Waals surface area contributed by atoms with E-state index in [1.807, 2.05) is 18.3 Å². The van der Waals surface area contributed by atoms with Crippen molar-refractivity contribution in [2.75, 3.05) is 11.9 Å². The largest absolute Gasteiger partial charge is 0.382 e. The number of aromatic nitrogens is 3. The summed E-state index contributed by atoms with van der Waals surface area (Å²) in [4.78, 5) is 16.3. The summed E-state index contributed by atoms with van der Waals surface area (Å²) >= 11 is 3.38. The lowest BCUT2D eigenvalue weighted by molar-refractivity contribution is 0.532. The van der Waals surface area contributed by atoms with E-state index < -0.39 is 0 Å². The molecule has 0 bridgehead atoms. The lowest BCUT2D eigenvalue weighted by Crippen LogP contribution is -2.25. The highest BCUT2D eigenvalue weighted by Crippen LogP contribution is 2.30. The first-order valence-electron chi connectivity index (χ1n) is 7.12. The van der Waals surface area contributed by atoms with E-state index in [0.29, 0.717) is 10.4 Å². The first kappa shape index (κ1) is 14.3. The molecule has 1 saturated carbocycles. The summed E-state index contributed by atoms with van der Waals surface area (Å²) in [6.07, 6.45) is 8.59. The van der Waals surface area contributed by atoms with Crippen LogP contribution in [0.25, 0.3) is 0 Å². The van der Waals surface area contributed by atoms with Gasteiger partial charge in [0.1, 0.15) is 4.47 Å². The molecular weight excluding hydrogens is 332 g/mol. The molecule has 1 aliphatic rings. The third kappa shape index (κ3) is 3.69. The van der Waals surface area contributed by atoms with E-state index in [-0.39, 0.29) is 5.56 Å². The number of nitrogens with zero attached hydrogens (tertiary/aromatic N) is 3. The minimum Gasteiger partial charge on any atom is -0.382 e. The molecular formula is C15H17BrN4O. The van der Waals surface area contributed by atoms with Gasteiger partial charge in [-0.3, -0.25) is 9.78 Å². The van der Waals surface area contributed by atoms with Crippen molar-refractivity contribution in [2.24, 2.45) is 5.92 Å². The van der Waals surface area contributed by atoms with E-state index in [0.717, 1.165) is 30.8 Å². The zero-order valence-corrected chi connectivity index (χ0v) is 13.2. The molecule has 0 amide bonds. The molecule has 2 aromatic heterocycles. The number of pyridine rings is 1. The molecule has 0 spiro atoms. The molecule has 5 nitrogen and oxygen atoms in total. The molecule has 1 fully saturated rings. The molecule has 0 atom stereocenters. The van der Waals surface area contributed by atoms with Crippen molar-refractivity contribution in [1.82, 2.24) is 14.8 Å². The summed E-state index contributed by atoms with van der Waals surface area (Å²) in [5.74, 6) is 0.631. The van der Waals surface area contributed by atoms with Gasteiger partial charge in [-0.05, 0) is 52.7 Å². The van der Waals surface area contributed by atoms with Crippen LogP contribution < -0.4 is 10.9 Å². The van der Waals surface area contributed by atoms with Crippen molar-refractivity contribution in [2.45, 2.75) is 25.8 Å². The molecule has 0 aromatic carbocycles. The Morgan fingerprint density at radius 1 is 1.38 bits per heavy atom. The van der Waals surface area contributed by atoms with Crippen LogP contribution in [0.4, 0.5) is 5.69 Å². The van der Waals surface area contributed by atoms with Crippen LogP contribution in [0.3, 0.4) is 0 Å². The van der Waals surface area contributed by atoms with Gasteiger partial charge < -0.3 is 5.32 Å². The Morgan fingerprint density at radius 2 is 2.24 bits per heavy atom.